The van der Waals surface area contributed by atoms with Crippen molar-refractivity contribution >= 4 is 10.0 Å². The minimum atomic E-state index is -3.15. The number of rotatable bonds is 3. The summed E-state index contributed by atoms with van der Waals surface area (Å²) in [7, 11) is -3.15. The van der Waals surface area contributed by atoms with Crippen molar-refractivity contribution in [2.45, 2.75) is 56.9 Å². The van der Waals surface area contributed by atoms with Gasteiger partial charge in [-0.2, -0.15) is 0 Å². The van der Waals surface area contributed by atoms with Crippen LogP contribution in [0.25, 0.3) is 0 Å². The van der Waals surface area contributed by atoms with E-state index in [1.807, 2.05) is 0 Å². The predicted octanol–water partition coefficient (Wildman–Crippen LogP) is 0.618. The molecule has 0 saturated heterocycles. The summed E-state index contributed by atoms with van der Waals surface area (Å²) in [5, 5.41) is 8.88. The molecule has 1 saturated carbocycles. The summed E-state index contributed by atoms with van der Waals surface area (Å²) in [6.45, 7) is 3.33. The fraction of sp³-hybridized carbons (Fsp3) is 1.00. The van der Waals surface area contributed by atoms with Crippen molar-refractivity contribution in [3.05, 3.63) is 0 Å². The minimum absolute atomic E-state index is 0.0193. The molecule has 1 rings (SSSR count). The minimum Gasteiger partial charge on any atom is -0.393 e. The summed E-state index contributed by atoms with van der Waals surface area (Å²) in [6.07, 6.45) is 2.64. The number of hydrogen-bond acceptors (Lipinski definition) is 3. The van der Waals surface area contributed by atoms with E-state index in [1.54, 1.807) is 13.8 Å². The summed E-state index contributed by atoms with van der Waals surface area (Å²) in [6, 6.07) is 0.0193. The second-order valence-corrected chi connectivity index (χ2v) is 6.49. The van der Waals surface area contributed by atoms with E-state index in [4.69, 9.17) is 0 Å². The molecular weight excluding hydrogens is 202 g/mol. The van der Waals surface area contributed by atoms with Gasteiger partial charge in [0.1, 0.15) is 0 Å². The molecule has 1 aliphatic rings. The first-order chi connectivity index (χ1) is 6.42. The summed E-state index contributed by atoms with van der Waals surface area (Å²) >= 11 is 0. The van der Waals surface area contributed by atoms with E-state index >= 15 is 0 Å². The number of hydrogen-bond donors (Lipinski definition) is 2. The molecule has 0 aromatic rings. The number of sulfonamides is 1. The molecular formula is C9H19NO3S. The van der Waals surface area contributed by atoms with Crippen LogP contribution >= 0.6 is 0 Å². The lowest BCUT2D eigenvalue weighted by molar-refractivity contribution is 0.120. The monoisotopic (exact) mass is 221 g/mol. The van der Waals surface area contributed by atoms with Crippen LogP contribution in [0.5, 0.6) is 0 Å². The lowest BCUT2D eigenvalue weighted by Gasteiger charge is -2.26. The van der Waals surface area contributed by atoms with E-state index in [1.165, 1.54) is 0 Å². The largest absolute Gasteiger partial charge is 0.393 e. The second kappa shape index (κ2) is 4.59. The second-order valence-electron chi connectivity index (χ2n) is 4.22. The quantitative estimate of drug-likeness (QED) is 0.734. The van der Waals surface area contributed by atoms with Crippen LogP contribution in [-0.4, -0.2) is 30.9 Å². The Labute approximate surface area is 85.8 Å². The first-order valence-electron chi connectivity index (χ1n) is 5.11. The smallest absolute Gasteiger partial charge is 0.214 e. The van der Waals surface area contributed by atoms with Crippen molar-refractivity contribution in [2.75, 3.05) is 0 Å². The van der Waals surface area contributed by atoms with Crippen molar-refractivity contribution in [2.24, 2.45) is 0 Å². The normalized spacial score (nSPS) is 29.4. The summed E-state index contributed by atoms with van der Waals surface area (Å²) in [5.41, 5.74) is 0. The molecule has 0 aromatic carbocycles. The average Bonchev–Trinajstić information content (AvgIpc) is 2.08. The highest BCUT2D eigenvalue weighted by Gasteiger charge is 2.25. The van der Waals surface area contributed by atoms with Crippen LogP contribution < -0.4 is 4.72 Å². The number of aliphatic hydroxyl groups is 1. The van der Waals surface area contributed by atoms with Crippen LogP contribution in [-0.2, 0) is 10.0 Å². The van der Waals surface area contributed by atoms with Crippen molar-refractivity contribution in [1.29, 1.82) is 0 Å². The fourth-order valence-electron chi connectivity index (χ4n) is 1.56. The SMILES string of the molecule is CC(C)S(=O)(=O)NC1CCC(O)CC1. The molecule has 5 heteroatoms. The van der Waals surface area contributed by atoms with Gasteiger partial charge in [0, 0.05) is 6.04 Å². The predicted molar refractivity (Wildman–Crippen MR) is 55.5 cm³/mol. The lowest BCUT2D eigenvalue weighted by Crippen LogP contribution is -2.41. The first-order valence-corrected chi connectivity index (χ1v) is 6.65. The number of nitrogens with one attached hydrogen (secondary N) is 1. The Morgan fingerprint density at radius 3 is 2.14 bits per heavy atom. The molecule has 84 valence electrons. The Morgan fingerprint density at radius 1 is 1.21 bits per heavy atom. The molecule has 0 radical (unpaired) electrons. The van der Waals surface area contributed by atoms with Crippen LogP contribution in [0.3, 0.4) is 0 Å². The van der Waals surface area contributed by atoms with Gasteiger partial charge in [0.15, 0.2) is 0 Å². The van der Waals surface area contributed by atoms with Gasteiger partial charge in [0.2, 0.25) is 10.0 Å². The molecule has 0 heterocycles. The van der Waals surface area contributed by atoms with E-state index in [-0.39, 0.29) is 17.4 Å². The summed E-state index contributed by atoms with van der Waals surface area (Å²) in [5.74, 6) is 0. The van der Waals surface area contributed by atoms with Crippen LogP contribution in [0.2, 0.25) is 0 Å². The molecule has 2 N–H and O–H groups in total. The highest BCUT2D eigenvalue weighted by atomic mass is 32.2. The lowest BCUT2D eigenvalue weighted by atomic mass is 9.94. The zero-order chi connectivity index (χ0) is 10.8. The zero-order valence-electron chi connectivity index (χ0n) is 8.73. The van der Waals surface area contributed by atoms with Crippen molar-refractivity contribution in [1.82, 2.24) is 4.72 Å². The molecule has 0 unspecified atom stereocenters. The van der Waals surface area contributed by atoms with E-state index in [9.17, 15) is 13.5 Å². The van der Waals surface area contributed by atoms with Crippen LogP contribution in [0.15, 0.2) is 0 Å². The average molecular weight is 221 g/mol. The maximum Gasteiger partial charge on any atom is 0.214 e. The first kappa shape index (κ1) is 11.9. The molecule has 14 heavy (non-hydrogen) atoms. The number of aliphatic hydroxyl groups excluding tert-OH is 1. The molecule has 0 bridgehead atoms. The van der Waals surface area contributed by atoms with Gasteiger partial charge in [-0.25, -0.2) is 13.1 Å². The molecule has 0 amide bonds. The van der Waals surface area contributed by atoms with Crippen LogP contribution in [0.1, 0.15) is 39.5 Å². The Hall–Kier alpha value is -0.130. The Bertz CT molecular complexity index is 266. The van der Waals surface area contributed by atoms with Crippen molar-refractivity contribution < 1.29 is 13.5 Å². The van der Waals surface area contributed by atoms with Gasteiger partial charge in [-0.1, -0.05) is 0 Å². The third kappa shape index (κ3) is 3.22. The third-order valence-corrected chi connectivity index (χ3v) is 4.55. The topological polar surface area (TPSA) is 66.4 Å². The van der Waals surface area contributed by atoms with Crippen LogP contribution in [0, 0.1) is 0 Å². The molecule has 0 aromatic heterocycles. The van der Waals surface area contributed by atoms with Gasteiger partial charge in [0.25, 0.3) is 0 Å². The van der Waals surface area contributed by atoms with Gasteiger partial charge in [-0.15, -0.1) is 0 Å². The maximum atomic E-state index is 11.5. The highest BCUT2D eigenvalue weighted by Crippen LogP contribution is 2.19. The molecule has 1 fully saturated rings. The van der Waals surface area contributed by atoms with E-state index in [0.717, 1.165) is 12.8 Å². The van der Waals surface area contributed by atoms with E-state index < -0.39 is 10.0 Å². The van der Waals surface area contributed by atoms with Gasteiger partial charge in [-0.05, 0) is 39.5 Å². The summed E-state index contributed by atoms with van der Waals surface area (Å²) in [4.78, 5) is 0. The van der Waals surface area contributed by atoms with Crippen molar-refractivity contribution in [3.63, 3.8) is 0 Å². The highest BCUT2D eigenvalue weighted by molar-refractivity contribution is 7.90. The fourth-order valence-corrected chi connectivity index (χ4v) is 2.53. The van der Waals surface area contributed by atoms with Crippen LogP contribution in [0.4, 0.5) is 0 Å². The van der Waals surface area contributed by atoms with Gasteiger partial charge in [-0.3, -0.25) is 0 Å². The Kier molecular flexibility index (Phi) is 3.92. The Balaban J connectivity index is 2.46. The van der Waals surface area contributed by atoms with Gasteiger partial charge >= 0.3 is 0 Å². The summed E-state index contributed by atoms with van der Waals surface area (Å²) < 4.78 is 25.7. The van der Waals surface area contributed by atoms with Gasteiger partial charge < -0.3 is 5.11 Å². The molecule has 0 spiro atoms. The standard InChI is InChI=1S/C9H19NO3S/c1-7(2)14(12,13)10-8-3-5-9(11)6-4-8/h7-11H,3-6H2,1-2H3. The molecule has 4 nitrogen and oxygen atoms in total. The third-order valence-electron chi connectivity index (χ3n) is 2.65. The Morgan fingerprint density at radius 2 is 1.71 bits per heavy atom. The molecule has 0 atom stereocenters. The molecule has 1 aliphatic carbocycles. The molecule has 0 aliphatic heterocycles. The van der Waals surface area contributed by atoms with Gasteiger partial charge in [0.05, 0.1) is 11.4 Å². The maximum absolute atomic E-state index is 11.5. The van der Waals surface area contributed by atoms with E-state index in [2.05, 4.69) is 4.72 Å². The van der Waals surface area contributed by atoms with E-state index in [0.29, 0.717) is 12.8 Å². The zero-order valence-corrected chi connectivity index (χ0v) is 9.55. The van der Waals surface area contributed by atoms with Crippen molar-refractivity contribution in [3.8, 4) is 0 Å².